The summed E-state index contributed by atoms with van der Waals surface area (Å²) in [5.41, 5.74) is 0. The van der Waals surface area contributed by atoms with Crippen molar-refractivity contribution in [2.75, 3.05) is 38.6 Å². The fourth-order valence-electron chi connectivity index (χ4n) is 2.46. The van der Waals surface area contributed by atoms with E-state index >= 15 is 0 Å². The molecule has 0 saturated carbocycles. The van der Waals surface area contributed by atoms with Gasteiger partial charge in [-0.2, -0.15) is 4.31 Å². The van der Waals surface area contributed by atoms with Gasteiger partial charge in [0, 0.05) is 13.1 Å². The number of nitrogens with zero attached hydrogens (tertiary/aromatic N) is 2. The number of morpholine rings is 1. The van der Waals surface area contributed by atoms with Gasteiger partial charge in [-0.05, 0) is 6.42 Å². The van der Waals surface area contributed by atoms with Crippen LogP contribution < -0.4 is 0 Å². The normalized spacial score (nSPS) is 26.6. The Morgan fingerprint density at radius 1 is 1.30 bits per heavy atom. The predicted molar refractivity (Wildman–Crippen MR) is 68.5 cm³/mol. The fraction of sp³-hybridized carbons (Fsp3) is 0.818. The number of hydrogen-bond donors (Lipinski definition) is 1. The molecule has 1 atom stereocenters. The average Bonchev–Trinajstić information content (AvgIpc) is 2.68. The minimum atomic E-state index is -3.32. The third-order valence-corrected chi connectivity index (χ3v) is 5.38. The van der Waals surface area contributed by atoms with Crippen LogP contribution in [0.4, 0.5) is 0 Å². The van der Waals surface area contributed by atoms with E-state index in [1.165, 1.54) is 9.21 Å². The molecule has 2 rings (SSSR count). The van der Waals surface area contributed by atoms with Gasteiger partial charge in [-0.3, -0.25) is 9.59 Å². The van der Waals surface area contributed by atoms with Crippen LogP contribution in [0.5, 0.6) is 0 Å². The van der Waals surface area contributed by atoms with Gasteiger partial charge in [0.25, 0.3) is 0 Å². The lowest BCUT2D eigenvalue weighted by molar-refractivity contribution is -0.146. The Labute approximate surface area is 117 Å². The summed E-state index contributed by atoms with van der Waals surface area (Å²) in [5, 5.41) is 8.83. The smallest absolute Gasteiger partial charge is 0.305 e. The maximum atomic E-state index is 12.2. The van der Waals surface area contributed by atoms with E-state index in [9.17, 15) is 18.0 Å². The van der Waals surface area contributed by atoms with Crippen molar-refractivity contribution in [3.8, 4) is 0 Å². The highest BCUT2D eigenvalue weighted by Crippen LogP contribution is 2.16. The number of carbonyl (C=O) groups is 2. The van der Waals surface area contributed by atoms with Crippen molar-refractivity contribution < 1.29 is 27.9 Å². The first-order chi connectivity index (χ1) is 9.40. The van der Waals surface area contributed by atoms with E-state index in [2.05, 4.69) is 0 Å². The maximum absolute atomic E-state index is 12.2. The third kappa shape index (κ3) is 3.47. The molecular formula is C11H18N2O6S. The van der Waals surface area contributed by atoms with Crippen LogP contribution in [0.3, 0.4) is 0 Å². The van der Waals surface area contributed by atoms with E-state index in [4.69, 9.17) is 9.84 Å². The van der Waals surface area contributed by atoms with Crippen LogP contribution in [0.25, 0.3) is 0 Å². The average molecular weight is 306 g/mol. The zero-order valence-electron chi connectivity index (χ0n) is 11.0. The molecule has 2 heterocycles. The largest absolute Gasteiger partial charge is 0.481 e. The van der Waals surface area contributed by atoms with Gasteiger partial charge in [0.1, 0.15) is 0 Å². The second kappa shape index (κ2) is 6.06. The minimum Gasteiger partial charge on any atom is -0.481 e. The highest BCUT2D eigenvalue weighted by atomic mass is 32.2. The molecule has 2 saturated heterocycles. The SMILES string of the molecule is O=C(O)CC1COCCN1C(=O)CN1CCCS1(=O)=O. The zero-order valence-corrected chi connectivity index (χ0v) is 11.8. The molecule has 1 N–H and O–H groups in total. The van der Waals surface area contributed by atoms with Crippen molar-refractivity contribution in [2.24, 2.45) is 0 Å². The van der Waals surface area contributed by atoms with Crippen LogP contribution in [0.1, 0.15) is 12.8 Å². The van der Waals surface area contributed by atoms with Gasteiger partial charge < -0.3 is 14.7 Å². The first kappa shape index (κ1) is 15.2. The number of carbonyl (C=O) groups excluding carboxylic acids is 1. The molecule has 2 aliphatic heterocycles. The van der Waals surface area contributed by atoms with Gasteiger partial charge in [-0.25, -0.2) is 8.42 Å². The predicted octanol–water partition coefficient (Wildman–Crippen LogP) is -1.28. The molecule has 0 aromatic heterocycles. The van der Waals surface area contributed by atoms with Crippen molar-refractivity contribution >= 4 is 21.9 Å². The Hall–Kier alpha value is -1.19. The molecule has 8 nitrogen and oxygen atoms in total. The van der Waals surface area contributed by atoms with Gasteiger partial charge in [-0.1, -0.05) is 0 Å². The topological polar surface area (TPSA) is 104 Å². The lowest BCUT2D eigenvalue weighted by Crippen LogP contribution is -2.52. The molecule has 0 spiro atoms. The molecule has 1 unspecified atom stereocenters. The summed E-state index contributed by atoms with van der Waals surface area (Å²) in [7, 11) is -3.32. The van der Waals surface area contributed by atoms with E-state index in [1.54, 1.807) is 0 Å². The van der Waals surface area contributed by atoms with Crippen LogP contribution in [-0.2, 0) is 24.3 Å². The number of carboxylic acid groups (broad SMARTS) is 1. The lowest BCUT2D eigenvalue weighted by Gasteiger charge is -2.35. The second-order valence-corrected chi connectivity index (χ2v) is 7.01. The number of sulfonamides is 1. The number of hydrogen-bond acceptors (Lipinski definition) is 5. The highest BCUT2D eigenvalue weighted by Gasteiger charge is 2.34. The van der Waals surface area contributed by atoms with Crippen LogP contribution in [0, 0.1) is 0 Å². The Balaban J connectivity index is 2.01. The highest BCUT2D eigenvalue weighted by molar-refractivity contribution is 7.89. The quantitative estimate of drug-likeness (QED) is 0.694. The van der Waals surface area contributed by atoms with Gasteiger partial charge in [-0.15, -0.1) is 0 Å². The van der Waals surface area contributed by atoms with E-state index in [0.717, 1.165) is 0 Å². The molecule has 20 heavy (non-hydrogen) atoms. The first-order valence-electron chi connectivity index (χ1n) is 6.47. The maximum Gasteiger partial charge on any atom is 0.305 e. The van der Waals surface area contributed by atoms with Gasteiger partial charge >= 0.3 is 5.97 Å². The number of ether oxygens (including phenoxy) is 1. The molecule has 0 bridgehead atoms. The zero-order chi connectivity index (χ0) is 14.8. The summed E-state index contributed by atoms with van der Waals surface area (Å²) in [4.78, 5) is 24.4. The molecule has 0 aromatic carbocycles. The summed E-state index contributed by atoms with van der Waals surface area (Å²) < 4.78 is 29.7. The monoisotopic (exact) mass is 306 g/mol. The molecule has 0 aromatic rings. The van der Waals surface area contributed by atoms with Crippen molar-refractivity contribution in [3.63, 3.8) is 0 Å². The summed E-state index contributed by atoms with van der Waals surface area (Å²) in [6.07, 6.45) is 0.329. The van der Waals surface area contributed by atoms with Crippen molar-refractivity contribution in [3.05, 3.63) is 0 Å². The van der Waals surface area contributed by atoms with Crippen molar-refractivity contribution in [2.45, 2.75) is 18.9 Å². The summed E-state index contributed by atoms with van der Waals surface area (Å²) in [6.45, 7) is 0.949. The van der Waals surface area contributed by atoms with Crippen LogP contribution >= 0.6 is 0 Å². The standard InChI is InChI=1S/C11H18N2O6S/c14-10(7-12-2-1-5-20(12,17)18)13-3-4-19-8-9(13)6-11(15)16/h9H,1-8H2,(H,15,16). The van der Waals surface area contributed by atoms with E-state index < -0.39 is 22.0 Å². The first-order valence-corrected chi connectivity index (χ1v) is 8.08. The van der Waals surface area contributed by atoms with Crippen LogP contribution in [0.2, 0.25) is 0 Å². The van der Waals surface area contributed by atoms with Gasteiger partial charge in [0.2, 0.25) is 15.9 Å². The number of amides is 1. The Morgan fingerprint density at radius 3 is 2.65 bits per heavy atom. The van der Waals surface area contributed by atoms with Gasteiger partial charge in [0.15, 0.2) is 0 Å². The Kier molecular flexibility index (Phi) is 4.61. The molecule has 0 radical (unpaired) electrons. The summed E-state index contributed by atoms with van der Waals surface area (Å²) in [5.74, 6) is -1.29. The molecule has 114 valence electrons. The van der Waals surface area contributed by atoms with Crippen LogP contribution in [0.15, 0.2) is 0 Å². The van der Waals surface area contributed by atoms with E-state index in [1.807, 2.05) is 0 Å². The molecule has 2 fully saturated rings. The molecular weight excluding hydrogens is 288 g/mol. The number of rotatable bonds is 4. The molecule has 0 aliphatic carbocycles. The van der Waals surface area contributed by atoms with E-state index in [-0.39, 0.29) is 31.2 Å². The van der Waals surface area contributed by atoms with E-state index in [0.29, 0.717) is 26.1 Å². The van der Waals surface area contributed by atoms with Crippen LogP contribution in [-0.4, -0.2) is 79.2 Å². The summed E-state index contributed by atoms with van der Waals surface area (Å²) >= 11 is 0. The number of carboxylic acids is 1. The fourth-order valence-corrected chi connectivity index (χ4v) is 3.93. The van der Waals surface area contributed by atoms with Crippen molar-refractivity contribution in [1.29, 1.82) is 0 Å². The third-order valence-electron chi connectivity index (χ3n) is 3.47. The Bertz CT molecular complexity index is 491. The van der Waals surface area contributed by atoms with Gasteiger partial charge in [0.05, 0.1) is 38.0 Å². The number of aliphatic carboxylic acids is 1. The minimum absolute atomic E-state index is 0.0714. The Morgan fingerprint density at radius 2 is 2.05 bits per heavy atom. The molecule has 2 aliphatic rings. The lowest BCUT2D eigenvalue weighted by atomic mass is 10.1. The molecule has 1 amide bonds. The molecule has 9 heteroatoms. The summed E-state index contributed by atoms with van der Waals surface area (Å²) in [6, 6.07) is -0.529. The second-order valence-electron chi connectivity index (χ2n) is 4.92. The van der Waals surface area contributed by atoms with Crippen molar-refractivity contribution in [1.82, 2.24) is 9.21 Å².